The van der Waals surface area contributed by atoms with E-state index in [2.05, 4.69) is 46.9 Å². The van der Waals surface area contributed by atoms with Gasteiger partial charge in [0, 0.05) is 6.04 Å². The van der Waals surface area contributed by atoms with Crippen LogP contribution in [0.5, 0.6) is 0 Å². The third kappa shape index (κ3) is 13.1. The third-order valence-corrected chi connectivity index (χ3v) is 6.51. The highest BCUT2D eigenvalue weighted by molar-refractivity contribution is 4.82. The molecule has 0 heterocycles. The highest BCUT2D eigenvalue weighted by Gasteiger charge is 2.27. The van der Waals surface area contributed by atoms with Gasteiger partial charge in [-0.25, -0.2) is 0 Å². The van der Waals surface area contributed by atoms with Crippen molar-refractivity contribution in [2.24, 2.45) is 23.0 Å². The average Bonchev–Trinajstić information content (AvgIpc) is 2.60. The van der Waals surface area contributed by atoms with Crippen molar-refractivity contribution in [1.29, 1.82) is 0 Å². The van der Waals surface area contributed by atoms with Gasteiger partial charge in [0.25, 0.3) is 0 Å². The number of rotatable bonds is 17. The molecule has 0 aromatic heterocycles. The van der Waals surface area contributed by atoms with Crippen LogP contribution in [0.1, 0.15) is 119 Å². The molecule has 0 saturated carbocycles. The smallest absolute Gasteiger partial charge is 0.00977 e. The van der Waals surface area contributed by atoms with Crippen LogP contribution in [0, 0.1) is 17.3 Å². The van der Waals surface area contributed by atoms with Gasteiger partial charge >= 0.3 is 0 Å². The van der Waals surface area contributed by atoms with E-state index in [0.29, 0.717) is 11.5 Å². The summed E-state index contributed by atoms with van der Waals surface area (Å²) in [4.78, 5) is 0. The first-order valence-corrected chi connectivity index (χ1v) is 11.8. The van der Waals surface area contributed by atoms with Crippen LogP contribution < -0.4 is 11.1 Å². The van der Waals surface area contributed by atoms with Crippen LogP contribution in [-0.4, -0.2) is 19.1 Å². The summed E-state index contributed by atoms with van der Waals surface area (Å²) in [6, 6.07) is 0.673. The SMILES string of the molecule is CCC(CC)CNC(CCCCCCCCCCCN)C(C)C(C)(C)C. The summed E-state index contributed by atoms with van der Waals surface area (Å²) in [5.41, 5.74) is 5.93. The fourth-order valence-corrected chi connectivity index (χ4v) is 3.77. The maximum Gasteiger partial charge on any atom is 0.00977 e. The van der Waals surface area contributed by atoms with E-state index in [1.165, 1.54) is 83.6 Å². The van der Waals surface area contributed by atoms with Crippen LogP contribution in [0.25, 0.3) is 0 Å². The lowest BCUT2D eigenvalue weighted by Crippen LogP contribution is -2.42. The van der Waals surface area contributed by atoms with Crippen molar-refractivity contribution in [1.82, 2.24) is 5.32 Å². The zero-order valence-electron chi connectivity index (χ0n) is 19.2. The van der Waals surface area contributed by atoms with Crippen LogP contribution >= 0.6 is 0 Å². The Bertz CT molecular complexity index is 291. The lowest BCUT2D eigenvalue weighted by atomic mass is 9.76. The van der Waals surface area contributed by atoms with Gasteiger partial charge in [-0.3, -0.25) is 0 Å². The molecule has 0 radical (unpaired) electrons. The van der Waals surface area contributed by atoms with Gasteiger partial charge in [0.15, 0.2) is 0 Å². The van der Waals surface area contributed by atoms with Gasteiger partial charge < -0.3 is 11.1 Å². The van der Waals surface area contributed by atoms with Crippen molar-refractivity contribution in [2.45, 2.75) is 125 Å². The Morgan fingerprint density at radius 1 is 0.769 bits per heavy atom. The monoisotopic (exact) mass is 368 g/mol. The number of nitrogens with two attached hydrogens (primary N) is 1. The van der Waals surface area contributed by atoms with Crippen molar-refractivity contribution in [3.8, 4) is 0 Å². The molecule has 2 heteroatoms. The maximum atomic E-state index is 5.55. The van der Waals surface area contributed by atoms with Crippen molar-refractivity contribution in [2.75, 3.05) is 13.1 Å². The summed E-state index contributed by atoms with van der Waals surface area (Å²) in [6.07, 6.45) is 16.3. The van der Waals surface area contributed by atoms with E-state index in [1.54, 1.807) is 0 Å². The molecule has 0 aliphatic rings. The molecule has 0 bridgehead atoms. The van der Waals surface area contributed by atoms with Crippen LogP contribution in [0.4, 0.5) is 0 Å². The predicted molar refractivity (Wildman–Crippen MR) is 120 cm³/mol. The molecule has 2 unspecified atom stereocenters. The van der Waals surface area contributed by atoms with E-state index in [-0.39, 0.29) is 0 Å². The Hall–Kier alpha value is -0.0800. The lowest BCUT2D eigenvalue weighted by Gasteiger charge is -2.36. The van der Waals surface area contributed by atoms with Crippen molar-refractivity contribution in [3.05, 3.63) is 0 Å². The van der Waals surface area contributed by atoms with Crippen LogP contribution in [0.3, 0.4) is 0 Å². The number of hydrogen-bond donors (Lipinski definition) is 2. The second-order valence-corrected chi connectivity index (χ2v) is 9.61. The van der Waals surface area contributed by atoms with Gasteiger partial charge in [0.2, 0.25) is 0 Å². The molecule has 0 amide bonds. The minimum atomic E-state index is 0.384. The lowest BCUT2D eigenvalue weighted by molar-refractivity contribution is 0.181. The van der Waals surface area contributed by atoms with Crippen LogP contribution in [-0.2, 0) is 0 Å². The highest BCUT2D eigenvalue weighted by Crippen LogP contribution is 2.30. The van der Waals surface area contributed by atoms with E-state index in [0.717, 1.165) is 18.4 Å². The van der Waals surface area contributed by atoms with Gasteiger partial charge in [-0.15, -0.1) is 0 Å². The molecule has 2 atom stereocenters. The number of nitrogens with one attached hydrogen (secondary N) is 1. The van der Waals surface area contributed by atoms with Crippen molar-refractivity contribution >= 4 is 0 Å². The van der Waals surface area contributed by atoms with Gasteiger partial charge in [-0.1, -0.05) is 106 Å². The molecular weight excluding hydrogens is 316 g/mol. The first kappa shape index (κ1) is 25.9. The topological polar surface area (TPSA) is 38.0 Å². The summed E-state index contributed by atoms with van der Waals surface area (Å²) in [6.45, 7) is 16.4. The minimum Gasteiger partial charge on any atom is -0.330 e. The van der Waals surface area contributed by atoms with Gasteiger partial charge in [-0.05, 0) is 43.2 Å². The Kier molecular flexibility index (Phi) is 15.9. The van der Waals surface area contributed by atoms with Crippen LogP contribution in [0.2, 0.25) is 0 Å². The predicted octanol–water partition coefficient (Wildman–Crippen LogP) is 6.92. The van der Waals surface area contributed by atoms with Gasteiger partial charge in [0.1, 0.15) is 0 Å². The Morgan fingerprint density at radius 2 is 1.23 bits per heavy atom. The fraction of sp³-hybridized carbons (Fsp3) is 1.00. The van der Waals surface area contributed by atoms with Gasteiger partial charge in [-0.2, -0.15) is 0 Å². The summed E-state index contributed by atoms with van der Waals surface area (Å²) in [7, 11) is 0. The summed E-state index contributed by atoms with van der Waals surface area (Å²) in [5, 5.41) is 3.95. The Balaban J connectivity index is 4.03. The third-order valence-electron chi connectivity index (χ3n) is 6.51. The molecule has 158 valence electrons. The van der Waals surface area contributed by atoms with E-state index in [9.17, 15) is 0 Å². The molecule has 0 spiro atoms. The van der Waals surface area contributed by atoms with E-state index >= 15 is 0 Å². The first-order chi connectivity index (χ1) is 12.4. The van der Waals surface area contributed by atoms with Gasteiger partial charge in [0.05, 0.1) is 0 Å². The molecule has 0 rings (SSSR count). The Labute approximate surface area is 166 Å². The Morgan fingerprint density at radius 3 is 1.65 bits per heavy atom. The number of hydrogen-bond acceptors (Lipinski definition) is 2. The quantitative estimate of drug-likeness (QED) is 0.273. The number of unbranched alkanes of at least 4 members (excludes halogenated alkanes) is 8. The van der Waals surface area contributed by atoms with E-state index in [4.69, 9.17) is 5.73 Å². The van der Waals surface area contributed by atoms with Crippen molar-refractivity contribution < 1.29 is 0 Å². The molecule has 0 aliphatic carbocycles. The summed E-state index contributed by atoms with van der Waals surface area (Å²) < 4.78 is 0. The zero-order chi connectivity index (χ0) is 19.8. The van der Waals surface area contributed by atoms with Crippen LogP contribution in [0.15, 0.2) is 0 Å². The first-order valence-electron chi connectivity index (χ1n) is 11.8. The van der Waals surface area contributed by atoms with E-state index < -0.39 is 0 Å². The second-order valence-electron chi connectivity index (χ2n) is 9.61. The fourth-order valence-electron chi connectivity index (χ4n) is 3.77. The molecule has 0 aromatic carbocycles. The largest absolute Gasteiger partial charge is 0.330 e. The molecule has 2 nitrogen and oxygen atoms in total. The molecule has 0 aromatic rings. The molecule has 3 N–H and O–H groups in total. The van der Waals surface area contributed by atoms with Crippen molar-refractivity contribution in [3.63, 3.8) is 0 Å². The minimum absolute atomic E-state index is 0.384. The molecule has 26 heavy (non-hydrogen) atoms. The summed E-state index contributed by atoms with van der Waals surface area (Å²) in [5.74, 6) is 1.56. The molecule has 0 fully saturated rings. The summed E-state index contributed by atoms with van der Waals surface area (Å²) >= 11 is 0. The normalized spacial score (nSPS) is 14.8. The molecule has 0 aliphatic heterocycles. The maximum absolute atomic E-state index is 5.55. The van der Waals surface area contributed by atoms with E-state index in [1.807, 2.05) is 0 Å². The average molecular weight is 369 g/mol. The second kappa shape index (κ2) is 15.9. The molecular formula is C24H52N2. The standard InChI is InChI=1S/C24H52N2/c1-7-22(8-2)20-26-23(21(3)24(4,5)6)18-16-14-12-10-9-11-13-15-17-19-25/h21-23,26H,7-20,25H2,1-6H3. The zero-order valence-corrected chi connectivity index (χ0v) is 19.2. The molecule has 0 saturated heterocycles. The highest BCUT2D eigenvalue weighted by atomic mass is 14.9.